The third kappa shape index (κ3) is 4.56. The predicted molar refractivity (Wildman–Crippen MR) is 116 cm³/mol. The van der Waals surface area contributed by atoms with E-state index in [2.05, 4.69) is 25.7 Å². The molecule has 1 saturated carbocycles. The van der Waals surface area contributed by atoms with Crippen LogP contribution in [0.3, 0.4) is 0 Å². The minimum atomic E-state index is -0.876. The normalized spacial score (nSPS) is 18.0. The van der Waals surface area contributed by atoms with Crippen LogP contribution in [0.25, 0.3) is 0 Å². The Morgan fingerprint density at radius 3 is 2.81 bits per heavy atom. The summed E-state index contributed by atoms with van der Waals surface area (Å²) in [6.45, 7) is 1.84. The number of nitrogens with zero attached hydrogens (tertiary/aromatic N) is 4. The first-order valence-electron chi connectivity index (χ1n) is 10.0. The molecule has 160 valence electrons. The molecular weight excluding hydrogens is 420 g/mol. The number of benzene rings is 1. The van der Waals surface area contributed by atoms with Gasteiger partial charge in [0, 0.05) is 23.3 Å². The molecule has 2 N–H and O–H groups in total. The fourth-order valence-electron chi connectivity index (χ4n) is 3.63. The summed E-state index contributed by atoms with van der Waals surface area (Å²) < 4.78 is 1.28. The topological polar surface area (TPSA) is 118 Å². The molecule has 1 aliphatic heterocycles. The summed E-state index contributed by atoms with van der Waals surface area (Å²) in [5, 5.41) is 9.84. The zero-order chi connectivity index (χ0) is 22.0. The first kappa shape index (κ1) is 20.9. The van der Waals surface area contributed by atoms with Crippen LogP contribution in [0.2, 0.25) is 5.02 Å². The number of nitrogens with one attached hydrogen (secondary N) is 2. The molecule has 0 spiro atoms. The van der Waals surface area contributed by atoms with Gasteiger partial charge in [0.05, 0.1) is 11.6 Å². The van der Waals surface area contributed by atoms with E-state index in [0.717, 1.165) is 31.4 Å². The lowest BCUT2D eigenvalue weighted by Gasteiger charge is -2.24. The Balaban J connectivity index is 1.48. The van der Waals surface area contributed by atoms with Gasteiger partial charge < -0.3 is 10.6 Å². The number of hydrogen-bond donors (Lipinski definition) is 2. The Morgan fingerprint density at radius 1 is 1.19 bits per heavy atom. The van der Waals surface area contributed by atoms with E-state index >= 15 is 0 Å². The Bertz CT molecular complexity index is 1120. The monoisotopic (exact) mass is 440 g/mol. The molecule has 1 aromatic heterocycles. The second-order valence-electron chi connectivity index (χ2n) is 7.46. The predicted octanol–water partition coefficient (Wildman–Crippen LogP) is 2.48. The third-order valence-corrected chi connectivity index (χ3v) is 5.56. The van der Waals surface area contributed by atoms with Crippen molar-refractivity contribution in [3.05, 3.63) is 46.6 Å². The zero-order valence-corrected chi connectivity index (χ0v) is 17.6. The van der Waals surface area contributed by atoms with Crippen LogP contribution in [0.15, 0.2) is 40.3 Å². The molecule has 2 aromatic rings. The first-order chi connectivity index (χ1) is 14.9. The number of aromatic nitrogens is 2. The van der Waals surface area contributed by atoms with Gasteiger partial charge >= 0.3 is 11.8 Å². The van der Waals surface area contributed by atoms with Crippen molar-refractivity contribution < 1.29 is 14.4 Å². The van der Waals surface area contributed by atoms with E-state index in [1.807, 2.05) is 0 Å². The summed E-state index contributed by atoms with van der Waals surface area (Å²) in [5.74, 6) is -1.91. The van der Waals surface area contributed by atoms with Gasteiger partial charge in [-0.3, -0.25) is 14.4 Å². The van der Waals surface area contributed by atoms with Crippen LogP contribution >= 0.6 is 11.6 Å². The number of carbonyl (C=O) groups excluding carboxylic acids is 3. The minimum absolute atomic E-state index is 0.0954. The molecule has 0 bridgehead atoms. The highest BCUT2D eigenvalue weighted by molar-refractivity contribution is 6.39. The first-order valence-corrected chi connectivity index (χ1v) is 10.4. The number of carbonyl (C=O) groups is 3. The Morgan fingerprint density at radius 2 is 2.00 bits per heavy atom. The van der Waals surface area contributed by atoms with Crippen molar-refractivity contribution in [2.45, 2.75) is 39.2 Å². The van der Waals surface area contributed by atoms with E-state index < -0.39 is 11.8 Å². The fourth-order valence-corrected chi connectivity index (χ4v) is 3.83. The minimum Gasteiger partial charge on any atom is -0.344 e. The summed E-state index contributed by atoms with van der Waals surface area (Å²) in [6, 6.07) is 8.62. The second-order valence-corrected chi connectivity index (χ2v) is 7.87. The van der Waals surface area contributed by atoms with Crippen molar-refractivity contribution in [2.24, 2.45) is 15.9 Å². The standard InChI is InChI=1S/C21H21ClN6O3/c1-12-10-17(25-20(31)19(30)23-11-13-6-2-4-8-15(13)22)28(27-12)21-24-16-9-5-3-7-14(16)18(29)26-21/h2,4,6,8,10,14H,3,5,7,9,11H2,1H3,(H,23,30)(H,25,31). The maximum atomic E-state index is 12.4. The molecule has 4 rings (SSSR count). The highest BCUT2D eigenvalue weighted by Gasteiger charge is 2.32. The maximum absolute atomic E-state index is 12.4. The molecule has 31 heavy (non-hydrogen) atoms. The van der Waals surface area contributed by atoms with Crippen LogP contribution in [0.5, 0.6) is 0 Å². The third-order valence-electron chi connectivity index (χ3n) is 5.20. The van der Waals surface area contributed by atoms with Crippen LogP contribution in [-0.2, 0) is 20.9 Å². The van der Waals surface area contributed by atoms with Gasteiger partial charge in [0.2, 0.25) is 0 Å². The number of aliphatic imine (C=N–C) groups is 2. The van der Waals surface area contributed by atoms with Gasteiger partial charge in [-0.05, 0) is 37.8 Å². The molecule has 0 saturated heterocycles. The van der Waals surface area contributed by atoms with Crippen molar-refractivity contribution >= 4 is 46.8 Å². The molecule has 0 radical (unpaired) electrons. The SMILES string of the molecule is Cc1cc(NC(=O)C(=O)NCc2ccccc2Cl)n(C2=NC(=O)C3CCCCC3=N2)n1. The van der Waals surface area contributed by atoms with Crippen LogP contribution in [0.1, 0.15) is 36.9 Å². The lowest BCUT2D eigenvalue weighted by Crippen LogP contribution is -2.37. The van der Waals surface area contributed by atoms with Crippen LogP contribution in [0.4, 0.5) is 5.82 Å². The van der Waals surface area contributed by atoms with Gasteiger partial charge in [0.1, 0.15) is 5.82 Å². The average molecular weight is 441 g/mol. The van der Waals surface area contributed by atoms with E-state index in [4.69, 9.17) is 11.6 Å². The molecule has 3 amide bonds. The van der Waals surface area contributed by atoms with E-state index in [1.165, 1.54) is 4.68 Å². The Kier molecular flexibility index (Phi) is 5.94. The lowest BCUT2D eigenvalue weighted by atomic mass is 9.86. The number of fused-ring (bicyclic) bond motifs is 1. The van der Waals surface area contributed by atoms with Crippen LogP contribution < -0.4 is 10.6 Å². The average Bonchev–Trinajstić information content (AvgIpc) is 3.13. The summed E-state index contributed by atoms with van der Waals surface area (Å²) in [5.41, 5.74) is 2.07. The maximum Gasteiger partial charge on any atom is 0.314 e. The van der Waals surface area contributed by atoms with Gasteiger partial charge in [0.15, 0.2) is 0 Å². The molecule has 1 aromatic carbocycles. The molecule has 2 aliphatic rings. The van der Waals surface area contributed by atoms with E-state index in [-0.39, 0.29) is 30.1 Å². The van der Waals surface area contributed by atoms with Gasteiger partial charge in [-0.15, -0.1) is 0 Å². The van der Waals surface area contributed by atoms with E-state index in [1.54, 1.807) is 37.3 Å². The second kappa shape index (κ2) is 8.81. The zero-order valence-electron chi connectivity index (χ0n) is 16.9. The molecule has 1 aliphatic carbocycles. The lowest BCUT2D eigenvalue weighted by molar-refractivity contribution is -0.136. The van der Waals surface area contributed by atoms with Crippen LogP contribution in [0, 0.1) is 12.8 Å². The highest BCUT2D eigenvalue weighted by Crippen LogP contribution is 2.26. The Hall–Kier alpha value is -3.33. The van der Waals surface area contributed by atoms with Gasteiger partial charge in [-0.2, -0.15) is 14.8 Å². The summed E-state index contributed by atoms with van der Waals surface area (Å²) in [7, 11) is 0. The summed E-state index contributed by atoms with van der Waals surface area (Å²) >= 11 is 6.07. The molecule has 1 atom stereocenters. The van der Waals surface area contributed by atoms with Gasteiger partial charge in [-0.25, -0.2) is 4.99 Å². The quantitative estimate of drug-likeness (QED) is 0.712. The number of anilines is 1. The van der Waals surface area contributed by atoms with Crippen molar-refractivity contribution in [1.29, 1.82) is 0 Å². The molecule has 9 nitrogen and oxygen atoms in total. The number of aryl methyl sites for hydroxylation is 1. The van der Waals surface area contributed by atoms with Gasteiger partial charge in [0.25, 0.3) is 11.9 Å². The van der Waals surface area contributed by atoms with Crippen molar-refractivity contribution in [1.82, 2.24) is 15.1 Å². The smallest absolute Gasteiger partial charge is 0.314 e. The molecular formula is C21H21ClN6O3. The summed E-state index contributed by atoms with van der Waals surface area (Å²) in [4.78, 5) is 45.7. The number of hydrogen-bond acceptors (Lipinski definition) is 5. The Labute approximate surface area is 183 Å². The fraction of sp³-hybridized carbons (Fsp3) is 0.333. The van der Waals surface area contributed by atoms with Gasteiger partial charge in [-0.1, -0.05) is 36.2 Å². The van der Waals surface area contributed by atoms with E-state index in [9.17, 15) is 14.4 Å². The molecule has 2 heterocycles. The molecule has 10 heteroatoms. The molecule has 1 unspecified atom stereocenters. The summed E-state index contributed by atoms with van der Waals surface area (Å²) in [6.07, 6.45) is 3.44. The van der Waals surface area contributed by atoms with Crippen molar-refractivity contribution in [3.8, 4) is 0 Å². The largest absolute Gasteiger partial charge is 0.344 e. The van der Waals surface area contributed by atoms with Crippen molar-refractivity contribution in [2.75, 3.05) is 5.32 Å². The number of rotatable bonds is 3. The van der Waals surface area contributed by atoms with E-state index in [0.29, 0.717) is 16.3 Å². The van der Waals surface area contributed by atoms with Crippen LogP contribution in [-0.4, -0.2) is 39.2 Å². The van der Waals surface area contributed by atoms with Crippen molar-refractivity contribution in [3.63, 3.8) is 0 Å². The molecule has 1 fully saturated rings. The number of halogens is 1. The number of amides is 3. The highest BCUT2D eigenvalue weighted by atomic mass is 35.5.